The zero-order chi connectivity index (χ0) is 23.8. The minimum Gasteiger partial charge on any atom is -0.304 e. The Balaban J connectivity index is 0.000000146. The van der Waals surface area contributed by atoms with Gasteiger partial charge in [-0.2, -0.15) is 0 Å². The van der Waals surface area contributed by atoms with Crippen LogP contribution in [0.25, 0.3) is 44.2 Å². The number of para-hydroxylation sites is 1. The molecule has 0 N–H and O–H groups in total. The molecule has 0 unspecified atom stereocenters. The van der Waals surface area contributed by atoms with Gasteiger partial charge in [-0.1, -0.05) is 50.2 Å². The molecule has 177 valence electrons. The number of nitrogens with zero attached hydrogens (tertiary/aromatic N) is 3. The van der Waals surface area contributed by atoms with Crippen LogP contribution in [0, 0.1) is 12.1 Å². The van der Waals surface area contributed by atoms with Gasteiger partial charge >= 0.3 is 0 Å². The Labute approximate surface area is 224 Å². The number of pyridine rings is 1. The molecule has 0 aliphatic heterocycles. The predicted octanol–water partition coefficient (Wildman–Crippen LogP) is 7.44. The standard InChI is InChI=1S/C18H14N.C14H9N2.Ir/c1-18(2)14-8-4-3-7-13(14)17-16-12(10-11-19-17)6-5-9-15(16)18;1-2-6-11(7-3-1)14-12-8-4-5-9-13(12)15-10-16-14;/h3-6,8-11H,1-2H3;1-6,8-10H;/q2*-1;. The second kappa shape index (κ2) is 9.73. The van der Waals surface area contributed by atoms with E-state index in [1.807, 2.05) is 60.8 Å². The molecule has 7 rings (SSSR count). The third-order valence-corrected chi connectivity index (χ3v) is 6.74. The van der Waals surface area contributed by atoms with E-state index in [9.17, 15) is 0 Å². The van der Waals surface area contributed by atoms with Crippen LogP contribution in [0.3, 0.4) is 0 Å². The second-order valence-corrected chi connectivity index (χ2v) is 9.16. The van der Waals surface area contributed by atoms with Crippen molar-refractivity contribution in [3.63, 3.8) is 0 Å². The zero-order valence-corrected chi connectivity index (χ0v) is 22.4. The van der Waals surface area contributed by atoms with Gasteiger partial charge in [0.25, 0.3) is 0 Å². The monoisotopic (exact) mass is 642 g/mol. The third-order valence-electron chi connectivity index (χ3n) is 6.74. The first kappa shape index (κ1) is 24.0. The van der Waals surface area contributed by atoms with Crippen molar-refractivity contribution in [3.05, 3.63) is 127 Å². The van der Waals surface area contributed by atoms with Gasteiger partial charge in [0, 0.05) is 26.3 Å². The molecule has 0 saturated heterocycles. The summed E-state index contributed by atoms with van der Waals surface area (Å²) in [4.78, 5) is 13.2. The van der Waals surface area contributed by atoms with E-state index in [0.29, 0.717) is 0 Å². The van der Waals surface area contributed by atoms with Crippen LogP contribution in [-0.4, -0.2) is 15.0 Å². The maximum Gasteiger partial charge on any atom is 0.106 e. The summed E-state index contributed by atoms with van der Waals surface area (Å²) < 4.78 is 0. The number of rotatable bonds is 1. The molecule has 0 amide bonds. The maximum atomic E-state index is 4.61. The van der Waals surface area contributed by atoms with Gasteiger partial charge in [0.05, 0.1) is 5.52 Å². The Kier molecular flexibility index (Phi) is 6.49. The molecule has 2 heterocycles. The van der Waals surface area contributed by atoms with Gasteiger partial charge in [-0.25, -0.2) is 4.98 Å². The minimum atomic E-state index is 0. The van der Waals surface area contributed by atoms with Gasteiger partial charge in [-0.05, 0) is 50.7 Å². The van der Waals surface area contributed by atoms with Crippen LogP contribution in [0.5, 0.6) is 0 Å². The summed E-state index contributed by atoms with van der Waals surface area (Å²) >= 11 is 0. The molecule has 0 atom stereocenters. The molecule has 1 aliphatic rings. The molecular formula is C32H23IrN3-2. The normalized spacial score (nSPS) is 12.7. The van der Waals surface area contributed by atoms with E-state index in [0.717, 1.165) is 33.4 Å². The Morgan fingerprint density at radius 3 is 2.33 bits per heavy atom. The Morgan fingerprint density at radius 1 is 0.667 bits per heavy atom. The average Bonchev–Trinajstić information content (AvgIpc) is 2.92. The quantitative estimate of drug-likeness (QED) is 0.175. The van der Waals surface area contributed by atoms with Crippen LogP contribution in [0.1, 0.15) is 25.0 Å². The molecule has 0 bridgehead atoms. The predicted molar refractivity (Wildman–Crippen MR) is 142 cm³/mol. The number of hydrogen-bond acceptors (Lipinski definition) is 3. The third kappa shape index (κ3) is 4.03. The molecule has 2 aromatic heterocycles. The molecule has 1 aliphatic carbocycles. The van der Waals surface area contributed by atoms with E-state index in [2.05, 4.69) is 77.3 Å². The number of fused-ring (bicyclic) bond motifs is 3. The van der Waals surface area contributed by atoms with Gasteiger partial charge in [0.2, 0.25) is 0 Å². The topological polar surface area (TPSA) is 38.7 Å². The van der Waals surface area contributed by atoms with Gasteiger partial charge in [-0.15, -0.1) is 71.3 Å². The molecule has 4 aromatic carbocycles. The summed E-state index contributed by atoms with van der Waals surface area (Å²) in [5.74, 6) is 0. The Bertz CT molecular complexity index is 1670. The van der Waals surface area contributed by atoms with Crippen LogP contribution < -0.4 is 0 Å². The summed E-state index contributed by atoms with van der Waals surface area (Å²) in [5.41, 5.74) is 7.80. The molecule has 3 nitrogen and oxygen atoms in total. The van der Waals surface area contributed by atoms with Crippen molar-refractivity contribution in [2.45, 2.75) is 19.3 Å². The van der Waals surface area contributed by atoms with Crippen LogP contribution in [-0.2, 0) is 25.5 Å². The van der Waals surface area contributed by atoms with Crippen molar-refractivity contribution in [1.82, 2.24) is 15.0 Å². The molecule has 0 fully saturated rings. The summed E-state index contributed by atoms with van der Waals surface area (Å²) in [6, 6.07) is 37.3. The Hall–Kier alpha value is -3.72. The van der Waals surface area contributed by atoms with E-state index in [1.54, 1.807) is 6.33 Å². The van der Waals surface area contributed by atoms with Crippen molar-refractivity contribution in [2.24, 2.45) is 0 Å². The van der Waals surface area contributed by atoms with Crippen LogP contribution in [0.15, 0.2) is 104 Å². The van der Waals surface area contributed by atoms with Gasteiger partial charge in [-0.3, -0.25) is 4.98 Å². The first-order valence-corrected chi connectivity index (χ1v) is 11.7. The molecule has 1 radical (unpaired) electrons. The summed E-state index contributed by atoms with van der Waals surface area (Å²) in [6.45, 7) is 4.56. The van der Waals surface area contributed by atoms with Crippen molar-refractivity contribution >= 4 is 21.7 Å². The fraction of sp³-hybridized carbons (Fsp3) is 0.0938. The van der Waals surface area contributed by atoms with Crippen LogP contribution >= 0.6 is 0 Å². The number of aromatic nitrogens is 3. The van der Waals surface area contributed by atoms with Crippen molar-refractivity contribution < 1.29 is 20.1 Å². The van der Waals surface area contributed by atoms with E-state index >= 15 is 0 Å². The van der Waals surface area contributed by atoms with Gasteiger partial charge in [0.15, 0.2) is 0 Å². The zero-order valence-electron chi connectivity index (χ0n) is 20.0. The first-order chi connectivity index (χ1) is 17.1. The minimum absolute atomic E-state index is 0. The van der Waals surface area contributed by atoms with Gasteiger partial charge in [0.1, 0.15) is 6.33 Å². The molecule has 4 heteroatoms. The molecule has 0 spiro atoms. The summed E-state index contributed by atoms with van der Waals surface area (Å²) in [6.07, 6.45) is 3.49. The van der Waals surface area contributed by atoms with E-state index in [-0.39, 0.29) is 25.5 Å². The van der Waals surface area contributed by atoms with E-state index < -0.39 is 0 Å². The molecule has 0 saturated carbocycles. The molecule has 6 aromatic rings. The SMILES string of the molecule is CC1(C)c2ccc[c-]c2-c2nccc3cccc1c23.[Ir].[c-]1ccccc1-c1ncnc2ccccc12. The average molecular weight is 642 g/mol. The fourth-order valence-corrected chi connectivity index (χ4v) is 5.00. The first-order valence-electron chi connectivity index (χ1n) is 11.7. The number of benzene rings is 4. The van der Waals surface area contributed by atoms with Crippen molar-refractivity contribution in [1.29, 1.82) is 0 Å². The Morgan fingerprint density at radius 2 is 1.47 bits per heavy atom. The number of hydrogen-bond donors (Lipinski definition) is 0. The fourth-order valence-electron chi connectivity index (χ4n) is 5.00. The van der Waals surface area contributed by atoms with Crippen LogP contribution in [0.4, 0.5) is 0 Å². The van der Waals surface area contributed by atoms with Crippen molar-refractivity contribution in [3.8, 4) is 22.5 Å². The van der Waals surface area contributed by atoms with Gasteiger partial charge < -0.3 is 4.98 Å². The summed E-state index contributed by atoms with van der Waals surface area (Å²) in [5, 5.41) is 3.61. The smallest absolute Gasteiger partial charge is 0.106 e. The largest absolute Gasteiger partial charge is 0.304 e. The maximum absolute atomic E-state index is 4.61. The van der Waals surface area contributed by atoms with Crippen molar-refractivity contribution in [2.75, 3.05) is 0 Å². The van der Waals surface area contributed by atoms with E-state index in [1.165, 1.54) is 21.9 Å². The molecule has 36 heavy (non-hydrogen) atoms. The molecular weight excluding hydrogens is 619 g/mol. The second-order valence-electron chi connectivity index (χ2n) is 9.16. The van der Waals surface area contributed by atoms with E-state index in [4.69, 9.17) is 0 Å². The summed E-state index contributed by atoms with van der Waals surface area (Å²) in [7, 11) is 0. The van der Waals surface area contributed by atoms with Crippen LogP contribution in [0.2, 0.25) is 0 Å².